The number of carbonyl (C=O) groups excluding carboxylic acids is 1. The van der Waals surface area contributed by atoms with E-state index in [0.29, 0.717) is 6.54 Å². The molecule has 0 radical (unpaired) electrons. The van der Waals surface area contributed by atoms with Gasteiger partial charge in [0.25, 0.3) is 5.91 Å². The number of unbranched alkanes of at least 4 members (excludes halogenated alkanes) is 2. The molecule has 1 unspecified atom stereocenters. The average Bonchev–Trinajstić information content (AvgIpc) is 2.68. The van der Waals surface area contributed by atoms with Crippen LogP contribution in [0.25, 0.3) is 0 Å². The summed E-state index contributed by atoms with van der Waals surface area (Å²) < 4.78 is 5.68. The molecule has 0 aromatic heterocycles. The van der Waals surface area contributed by atoms with Gasteiger partial charge in [-0.3, -0.25) is 4.79 Å². The van der Waals surface area contributed by atoms with Crippen molar-refractivity contribution in [2.75, 3.05) is 7.11 Å². The molecule has 3 heteroatoms. The predicted octanol–water partition coefficient (Wildman–Crippen LogP) is 3.94. The number of benzene rings is 1. The van der Waals surface area contributed by atoms with E-state index in [1.807, 2.05) is 23.1 Å². The van der Waals surface area contributed by atoms with Gasteiger partial charge in [-0.2, -0.15) is 0 Å². The molecule has 1 saturated heterocycles. The zero-order valence-corrected chi connectivity index (χ0v) is 14.1. The summed E-state index contributed by atoms with van der Waals surface area (Å²) in [4.78, 5) is 14.8. The van der Waals surface area contributed by atoms with Crippen molar-refractivity contribution >= 4 is 5.91 Å². The summed E-state index contributed by atoms with van der Waals surface area (Å²) in [6, 6.07) is 10.1. The molecule has 0 bridgehead atoms. The minimum absolute atomic E-state index is 0.108. The van der Waals surface area contributed by atoms with E-state index >= 15 is 0 Å². The van der Waals surface area contributed by atoms with Gasteiger partial charge in [-0.05, 0) is 25.8 Å². The fraction of sp³-hybridized carbons (Fsp3) is 0.526. The Morgan fingerprint density at radius 3 is 2.55 bits per heavy atom. The molecule has 1 aromatic carbocycles. The van der Waals surface area contributed by atoms with E-state index in [4.69, 9.17) is 4.74 Å². The molecular formula is C19H27NO2. The summed E-state index contributed by atoms with van der Waals surface area (Å²) in [6.07, 6.45) is 5.08. The van der Waals surface area contributed by atoms with E-state index in [2.05, 4.69) is 39.0 Å². The van der Waals surface area contributed by atoms with Crippen molar-refractivity contribution in [3.63, 3.8) is 0 Å². The average molecular weight is 301 g/mol. The minimum Gasteiger partial charge on any atom is -0.374 e. The molecule has 0 N–H and O–H groups in total. The van der Waals surface area contributed by atoms with Crippen LogP contribution in [0.5, 0.6) is 0 Å². The Hall–Kier alpha value is -1.61. The fourth-order valence-corrected chi connectivity index (χ4v) is 3.16. The first-order chi connectivity index (χ1) is 10.5. The van der Waals surface area contributed by atoms with Gasteiger partial charge in [0, 0.05) is 19.2 Å². The van der Waals surface area contributed by atoms with Gasteiger partial charge in [0.15, 0.2) is 0 Å². The SMILES string of the molecule is CCCC/C=C1/C(=O)N(Cc2ccccc2)C(C)(C)C1OC. The molecule has 0 spiro atoms. The third-order valence-corrected chi connectivity index (χ3v) is 4.45. The van der Waals surface area contributed by atoms with Gasteiger partial charge in [-0.1, -0.05) is 56.2 Å². The highest BCUT2D eigenvalue weighted by atomic mass is 16.5. The van der Waals surface area contributed by atoms with E-state index in [9.17, 15) is 4.79 Å². The van der Waals surface area contributed by atoms with Gasteiger partial charge in [0.05, 0.1) is 5.54 Å². The molecule has 1 aliphatic rings. The lowest BCUT2D eigenvalue weighted by Crippen LogP contribution is -2.46. The summed E-state index contributed by atoms with van der Waals surface area (Å²) in [5, 5.41) is 0. The Balaban J connectivity index is 2.26. The van der Waals surface area contributed by atoms with Crippen molar-refractivity contribution in [2.24, 2.45) is 0 Å². The lowest BCUT2D eigenvalue weighted by atomic mass is 9.94. The quantitative estimate of drug-likeness (QED) is 0.588. The summed E-state index contributed by atoms with van der Waals surface area (Å²) in [7, 11) is 1.69. The monoisotopic (exact) mass is 301 g/mol. The molecule has 120 valence electrons. The molecule has 2 rings (SSSR count). The van der Waals surface area contributed by atoms with Crippen LogP contribution in [-0.2, 0) is 16.1 Å². The topological polar surface area (TPSA) is 29.5 Å². The maximum Gasteiger partial charge on any atom is 0.253 e. The number of carbonyl (C=O) groups is 1. The van der Waals surface area contributed by atoms with Crippen LogP contribution < -0.4 is 0 Å². The van der Waals surface area contributed by atoms with Crippen LogP contribution in [0.15, 0.2) is 42.0 Å². The van der Waals surface area contributed by atoms with Crippen molar-refractivity contribution in [3.8, 4) is 0 Å². The normalized spacial score (nSPS) is 22.5. The summed E-state index contributed by atoms with van der Waals surface area (Å²) in [6.45, 7) is 6.96. The maximum absolute atomic E-state index is 12.9. The zero-order chi connectivity index (χ0) is 16.2. The van der Waals surface area contributed by atoms with Crippen molar-refractivity contribution < 1.29 is 9.53 Å². The first-order valence-corrected chi connectivity index (χ1v) is 8.11. The Kier molecular flexibility index (Phi) is 5.41. The van der Waals surface area contributed by atoms with E-state index in [-0.39, 0.29) is 17.6 Å². The number of amides is 1. The van der Waals surface area contributed by atoms with Crippen LogP contribution in [0.1, 0.15) is 45.6 Å². The summed E-state index contributed by atoms with van der Waals surface area (Å²) >= 11 is 0. The van der Waals surface area contributed by atoms with Crippen LogP contribution in [0.3, 0.4) is 0 Å². The van der Waals surface area contributed by atoms with Gasteiger partial charge in [0.2, 0.25) is 0 Å². The standard InChI is InChI=1S/C19H27NO2/c1-5-6-8-13-16-17(22-4)19(2,3)20(18(16)21)14-15-11-9-7-10-12-15/h7,9-13,17H,5-6,8,14H2,1-4H3/b16-13+. The van der Waals surface area contributed by atoms with Crippen LogP contribution in [0, 0.1) is 0 Å². The van der Waals surface area contributed by atoms with Crippen LogP contribution in [0.2, 0.25) is 0 Å². The number of methoxy groups -OCH3 is 1. The van der Waals surface area contributed by atoms with Gasteiger partial charge in [0.1, 0.15) is 6.10 Å². The lowest BCUT2D eigenvalue weighted by Gasteiger charge is -2.34. The minimum atomic E-state index is -0.334. The van der Waals surface area contributed by atoms with E-state index in [1.165, 1.54) is 0 Å². The molecule has 1 atom stereocenters. The molecule has 1 amide bonds. The van der Waals surface area contributed by atoms with Gasteiger partial charge in [-0.15, -0.1) is 0 Å². The number of likely N-dealkylation sites (tertiary alicyclic amines) is 1. The smallest absolute Gasteiger partial charge is 0.253 e. The van der Waals surface area contributed by atoms with Crippen molar-refractivity contribution in [1.29, 1.82) is 0 Å². The van der Waals surface area contributed by atoms with Gasteiger partial charge >= 0.3 is 0 Å². The van der Waals surface area contributed by atoms with E-state index in [0.717, 1.165) is 30.4 Å². The molecule has 1 fully saturated rings. The van der Waals surface area contributed by atoms with Crippen LogP contribution in [-0.4, -0.2) is 29.6 Å². The molecular weight excluding hydrogens is 274 g/mol. The number of allylic oxidation sites excluding steroid dienone is 1. The van der Waals surface area contributed by atoms with Crippen LogP contribution >= 0.6 is 0 Å². The van der Waals surface area contributed by atoms with Crippen molar-refractivity contribution in [1.82, 2.24) is 4.90 Å². The number of rotatable bonds is 6. The number of hydrogen-bond donors (Lipinski definition) is 0. The van der Waals surface area contributed by atoms with Gasteiger partial charge < -0.3 is 9.64 Å². The Morgan fingerprint density at radius 2 is 1.95 bits per heavy atom. The highest BCUT2D eigenvalue weighted by Gasteiger charge is 2.49. The Morgan fingerprint density at radius 1 is 1.27 bits per heavy atom. The van der Waals surface area contributed by atoms with Crippen molar-refractivity contribution in [2.45, 2.75) is 58.2 Å². The summed E-state index contributed by atoms with van der Waals surface area (Å²) in [5.41, 5.74) is 1.63. The molecule has 1 aliphatic heterocycles. The molecule has 22 heavy (non-hydrogen) atoms. The Labute approximate surface area is 134 Å². The highest BCUT2D eigenvalue weighted by Crippen LogP contribution is 2.37. The van der Waals surface area contributed by atoms with Gasteiger partial charge in [-0.25, -0.2) is 0 Å². The molecule has 0 saturated carbocycles. The molecule has 3 nitrogen and oxygen atoms in total. The zero-order valence-electron chi connectivity index (χ0n) is 14.1. The summed E-state index contributed by atoms with van der Waals surface area (Å²) in [5.74, 6) is 0.108. The number of hydrogen-bond acceptors (Lipinski definition) is 2. The van der Waals surface area contributed by atoms with Crippen LogP contribution in [0.4, 0.5) is 0 Å². The first kappa shape index (κ1) is 16.8. The fourth-order valence-electron chi connectivity index (χ4n) is 3.16. The van der Waals surface area contributed by atoms with Crippen molar-refractivity contribution in [3.05, 3.63) is 47.5 Å². The molecule has 1 heterocycles. The lowest BCUT2D eigenvalue weighted by molar-refractivity contribution is -0.129. The maximum atomic E-state index is 12.9. The third kappa shape index (κ3) is 3.25. The molecule has 0 aliphatic carbocycles. The largest absolute Gasteiger partial charge is 0.374 e. The number of ether oxygens (including phenoxy) is 1. The van der Waals surface area contributed by atoms with E-state index < -0.39 is 0 Å². The Bertz CT molecular complexity index is 534. The second-order valence-electron chi connectivity index (χ2n) is 6.45. The number of nitrogens with zero attached hydrogens (tertiary/aromatic N) is 1. The molecule has 1 aromatic rings. The highest BCUT2D eigenvalue weighted by molar-refractivity contribution is 5.98. The first-order valence-electron chi connectivity index (χ1n) is 8.11. The third-order valence-electron chi connectivity index (χ3n) is 4.45. The second-order valence-corrected chi connectivity index (χ2v) is 6.45. The van der Waals surface area contributed by atoms with E-state index in [1.54, 1.807) is 7.11 Å². The predicted molar refractivity (Wildman–Crippen MR) is 89.5 cm³/mol. The second kappa shape index (κ2) is 7.10.